The second kappa shape index (κ2) is 6.87. The lowest BCUT2D eigenvalue weighted by Crippen LogP contribution is -2.44. The van der Waals surface area contributed by atoms with Crippen LogP contribution in [0.3, 0.4) is 0 Å². The van der Waals surface area contributed by atoms with Gasteiger partial charge in [0.1, 0.15) is 0 Å². The topological polar surface area (TPSA) is 56.4 Å². The van der Waals surface area contributed by atoms with Gasteiger partial charge >= 0.3 is 0 Å². The molecule has 0 aliphatic carbocycles. The minimum absolute atomic E-state index is 0.0710. The quantitative estimate of drug-likeness (QED) is 0.636. The van der Waals surface area contributed by atoms with Gasteiger partial charge in [-0.25, -0.2) is 0 Å². The molecule has 6 heteroatoms. The number of hydrogen-bond donors (Lipinski definition) is 1. The van der Waals surface area contributed by atoms with Crippen LogP contribution in [0, 0.1) is 0 Å². The Bertz CT molecular complexity index is 1080. The molecular formula is C22H20BrN3O2. The van der Waals surface area contributed by atoms with Crippen LogP contribution in [0.1, 0.15) is 23.2 Å². The van der Waals surface area contributed by atoms with Gasteiger partial charge in [-0.15, -0.1) is 0 Å². The summed E-state index contributed by atoms with van der Waals surface area (Å²) in [6.07, 6.45) is 1.13. The highest BCUT2D eigenvalue weighted by molar-refractivity contribution is 9.10. The summed E-state index contributed by atoms with van der Waals surface area (Å²) < 4.78 is 1.05. The minimum atomic E-state index is -0.360. The third kappa shape index (κ3) is 2.88. The Morgan fingerprint density at radius 2 is 1.89 bits per heavy atom. The second-order valence-corrected chi connectivity index (χ2v) is 8.34. The molecule has 1 unspecified atom stereocenters. The van der Waals surface area contributed by atoms with E-state index >= 15 is 0 Å². The molecule has 28 heavy (non-hydrogen) atoms. The summed E-state index contributed by atoms with van der Waals surface area (Å²) in [5, 5.41) is 1.19. The number of nitrogens with zero attached hydrogens (tertiary/aromatic N) is 2. The van der Waals surface area contributed by atoms with Crippen molar-refractivity contribution in [1.82, 2.24) is 14.8 Å². The maximum atomic E-state index is 13.0. The number of amides is 2. The van der Waals surface area contributed by atoms with Crippen LogP contribution in [0.2, 0.25) is 0 Å². The highest BCUT2D eigenvalue weighted by atomic mass is 79.9. The molecule has 2 aliphatic heterocycles. The first-order valence-corrected chi connectivity index (χ1v) is 10.3. The Hall–Kier alpha value is -2.44. The average molecular weight is 438 g/mol. The van der Waals surface area contributed by atoms with E-state index in [1.54, 1.807) is 0 Å². The van der Waals surface area contributed by atoms with Crippen LogP contribution in [0.25, 0.3) is 10.9 Å². The monoisotopic (exact) mass is 437 g/mol. The van der Waals surface area contributed by atoms with Crippen molar-refractivity contribution in [3.05, 3.63) is 69.8 Å². The lowest BCUT2D eigenvalue weighted by atomic mass is 10.0. The molecule has 2 aromatic carbocycles. The maximum absolute atomic E-state index is 13.0. The number of halogens is 1. The van der Waals surface area contributed by atoms with E-state index in [-0.39, 0.29) is 24.3 Å². The third-order valence-electron chi connectivity index (χ3n) is 5.83. The van der Waals surface area contributed by atoms with Crippen molar-refractivity contribution in [3.63, 3.8) is 0 Å². The fourth-order valence-electron chi connectivity index (χ4n) is 4.37. The molecule has 0 spiro atoms. The van der Waals surface area contributed by atoms with E-state index in [0.717, 1.165) is 28.5 Å². The zero-order chi connectivity index (χ0) is 19.3. The Balaban J connectivity index is 1.39. The van der Waals surface area contributed by atoms with Crippen LogP contribution >= 0.6 is 15.9 Å². The highest BCUT2D eigenvalue weighted by Crippen LogP contribution is 2.33. The van der Waals surface area contributed by atoms with Gasteiger partial charge in [0.15, 0.2) is 0 Å². The Morgan fingerprint density at radius 1 is 1.07 bits per heavy atom. The number of aromatic amines is 1. The van der Waals surface area contributed by atoms with Gasteiger partial charge in [-0.3, -0.25) is 19.4 Å². The summed E-state index contributed by atoms with van der Waals surface area (Å²) in [6.45, 7) is 1.82. The van der Waals surface area contributed by atoms with E-state index < -0.39 is 0 Å². The van der Waals surface area contributed by atoms with Gasteiger partial charge in [0.2, 0.25) is 11.8 Å². The molecule has 1 aromatic heterocycles. The molecule has 2 amide bonds. The van der Waals surface area contributed by atoms with Gasteiger partial charge in [0.25, 0.3) is 0 Å². The number of aromatic nitrogens is 1. The number of benzene rings is 2. The predicted octanol–water partition coefficient (Wildman–Crippen LogP) is 3.62. The smallest absolute Gasteiger partial charge is 0.247 e. The third-order valence-corrected chi connectivity index (χ3v) is 6.49. The fourth-order valence-corrected chi connectivity index (χ4v) is 4.84. The van der Waals surface area contributed by atoms with Gasteiger partial charge < -0.3 is 4.98 Å². The molecule has 2 aliphatic rings. The molecule has 1 N–H and O–H groups in total. The number of rotatable bonds is 3. The largest absolute Gasteiger partial charge is 0.357 e. The van der Waals surface area contributed by atoms with Gasteiger partial charge in [-0.1, -0.05) is 42.5 Å². The Morgan fingerprint density at radius 3 is 2.71 bits per heavy atom. The summed E-state index contributed by atoms with van der Waals surface area (Å²) in [5.74, 6) is -0.148. The number of H-pyrrole nitrogens is 1. The zero-order valence-corrected chi connectivity index (χ0v) is 16.9. The Labute approximate surface area is 171 Å². The van der Waals surface area contributed by atoms with Crippen LogP contribution in [0.4, 0.5) is 0 Å². The van der Waals surface area contributed by atoms with Gasteiger partial charge in [-0.05, 0) is 33.1 Å². The normalized spacial score (nSPS) is 20.2. The van der Waals surface area contributed by atoms with Gasteiger partial charge in [0, 0.05) is 35.1 Å². The molecule has 1 fully saturated rings. The number of fused-ring (bicyclic) bond motifs is 3. The Kier molecular flexibility index (Phi) is 4.33. The van der Waals surface area contributed by atoms with Crippen LogP contribution in [-0.2, 0) is 29.1 Å². The molecule has 142 valence electrons. The SMILES string of the molecule is O=C1CC(N2CCc3[nH]c4c(Br)cccc4c3C2)C(=O)N1Cc1ccccc1. The number of likely N-dealkylation sites (tertiary alicyclic amines) is 1. The lowest BCUT2D eigenvalue weighted by molar-refractivity contribution is -0.140. The summed E-state index contributed by atoms with van der Waals surface area (Å²) in [7, 11) is 0. The number of imide groups is 1. The molecule has 1 atom stereocenters. The molecule has 0 bridgehead atoms. The maximum Gasteiger partial charge on any atom is 0.247 e. The zero-order valence-electron chi connectivity index (χ0n) is 15.3. The minimum Gasteiger partial charge on any atom is -0.357 e. The van der Waals surface area contributed by atoms with Gasteiger partial charge in [-0.2, -0.15) is 0 Å². The first-order valence-electron chi connectivity index (χ1n) is 9.52. The van der Waals surface area contributed by atoms with E-state index in [1.807, 2.05) is 42.5 Å². The molecule has 5 nitrogen and oxygen atoms in total. The first-order chi connectivity index (χ1) is 13.6. The van der Waals surface area contributed by atoms with Crippen molar-refractivity contribution in [2.45, 2.75) is 32.0 Å². The molecule has 0 saturated carbocycles. The van der Waals surface area contributed by atoms with Crippen molar-refractivity contribution in [2.75, 3.05) is 6.54 Å². The average Bonchev–Trinajstić information content (AvgIpc) is 3.22. The molecule has 3 aromatic rings. The molecule has 1 saturated heterocycles. The van der Waals surface area contributed by atoms with Crippen LogP contribution in [-0.4, -0.2) is 39.2 Å². The lowest BCUT2D eigenvalue weighted by Gasteiger charge is -2.31. The molecule has 3 heterocycles. The summed E-state index contributed by atoms with van der Waals surface area (Å²) in [6, 6.07) is 15.5. The summed E-state index contributed by atoms with van der Waals surface area (Å²) in [4.78, 5) is 32.7. The van der Waals surface area contributed by atoms with Crippen molar-refractivity contribution >= 4 is 38.6 Å². The molecule has 0 radical (unpaired) electrons. The molecule has 5 rings (SSSR count). The van der Waals surface area contributed by atoms with Crippen LogP contribution in [0.5, 0.6) is 0 Å². The summed E-state index contributed by atoms with van der Waals surface area (Å²) in [5.41, 5.74) is 4.56. The highest BCUT2D eigenvalue weighted by Gasteiger charge is 2.42. The number of carbonyl (C=O) groups is 2. The van der Waals surface area contributed by atoms with E-state index in [9.17, 15) is 9.59 Å². The van der Waals surface area contributed by atoms with Crippen molar-refractivity contribution in [3.8, 4) is 0 Å². The number of para-hydroxylation sites is 1. The van der Waals surface area contributed by atoms with Crippen molar-refractivity contribution in [2.24, 2.45) is 0 Å². The van der Waals surface area contributed by atoms with Crippen molar-refractivity contribution < 1.29 is 9.59 Å². The first kappa shape index (κ1) is 17.6. The number of hydrogen-bond acceptors (Lipinski definition) is 3. The van der Waals surface area contributed by atoms with E-state index in [4.69, 9.17) is 0 Å². The predicted molar refractivity (Wildman–Crippen MR) is 111 cm³/mol. The van der Waals surface area contributed by atoms with E-state index in [2.05, 4.69) is 31.9 Å². The molecular weight excluding hydrogens is 418 g/mol. The van der Waals surface area contributed by atoms with Crippen LogP contribution in [0.15, 0.2) is 53.0 Å². The van der Waals surface area contributed by atoms with E-state index in [0.29, 0.717) is 13.1 Å². The standard InChI is InChI=1S/C22H20BrN3O2/c23-17-8-4-7-15-16-13-25(10-9-18(16)24-21(15)17)19-11-20(27)26(22(19)28)12-14-5-2-1-3-6-14/h1-8,19,24H,9-13H2. The van der Waals surface area contributed by atoms with E-state index in [1.165, 1.54) is 21.5 Å². The summed E-state index contributed by atoms with van der Waals surface area (Å²) >= 11 is 3.61. The number of carbonyl (C=O) groups excluding carboxylic acids is 2. The fraction of sp³-hybridized carbons (Fsp3) is 0.273. The number of nitrogens with one attached hydrogen (secondary N) is 1. The van der Waals surface area contributed by atoms with Crippen LogP contribution < -0.4 is 0 Å². The van der Waals surface area contributed by atoms with Crippen molar-refractivity contribution in [1.29, 1.82) is 0 Å². The van der Waals surface area contributed by atoms with Gasteiger partial charge in [0.05, 0.1) is 24.5 Å². The second-order valence-electron chi connectivity index (χ2n) is 7.49.